The second-order valence-corrected chi connectivity index (χ2v) is 7.04. The summed E-state index contributed by atoms with van der Waals surface area (Å²) in [5.74, 6) is -0.201. The van der Waals surface area contributed by atoms with Gasteiger partial charge in [-0.1, -0.05) is 29.8 Å². The lowest BCUT2D eigenvalue weighted by molar-refractivity contribution is -0.125. The molecule has 0 bridgehead atoms. The van der Waals surface area contributed by atoms with Gasteiger partial charge in [-0.05, 0) is 50.6 Å². The van der Waals surface area contributed by atoms with Crippen molar-refractivity contribution in [1.82, 2.24) is 4.72 Å². The number of aryl methyl sites for hydroxylation is 2. The predicted octanol–water partition coefficient (Wildman–Crippen LogP) is 2.58. The molecule has 0 radical (unpaired) electrons. The van der Waals surface area contributed by atoms with Crippen molar-refractivity contribution in [2.45, 2.75) is 31.8 Å². The molecule has 6 heteroatoms. The molecule has 1 amide bonds. The summed E-state index contributed by atoms with van der Waals surface area (Å²) in [5, 5.41) is 0. The molecule has 1 atom stereocenters. The van der Waals surface area contributed by atoms with E-state index in [1.807, 2.05) is 24.6 Å². The van der Waals surface area contributed by atoms with E-state index < -0.39 is 22.0 Å². The Balaban J connectivity index is 2.06. The fourth-order valence-corrected chi connectivity index (χ4v) is 2.98. The Morgan fingerprint density at radius 3 is 2.30 bits per heavy atom. The molecule has 122 valence electrons. The lowest BCUT2D eigenvalue weighted by Gasteiger charge is -2.15. The van der Waals surface area contributed by atoms with Gasteiger partial charge in [-0.25, -0.2) is 13.1 Å². The highest BCUT2D eigenvalue weighted by molar-refractivity contribution is 7.90. The molecule has 0 aromatic heterocycles. The molecule has 0 saturated heterocycles. The summed E-state index contributed by atoms with van der Waals surface area (Å²) in [5.41, 5.74) is 1.92. The second-order valence-electron chi connectivity index (χ2n) is 5.36. The normalized spacial score (nSPS) is 12.5. The lowest BCUT2D eigenvalue weighted by Crippen LogP contribution is -2.39. The van der Waals surface area contributed by atoms with Crippen LogP contribution in [0.2, 0.25) is 0 Å². The van der Waals surface area contributed by atoms with E-state index in [4.69, 9.17) is 4.74 Å². The van der Waals surface area contributed by atoms with Gasteiger partial charge in [0, 0.05) is 0 Å². The van der Waals surface area contributed by atoms with Gasteiger partial charge in [0.05, 0.1) is 4.90 Å². The number of hydrogen-bond acceptors (Lipinski definition) is 4. The molecule has 0 unspecified atom stereocenters. The third-order valence-electron chi connectivity index (χ3n) is 3.24. The molecule has 5 nitrogen and oxygen atoms in total. The van der Waals surface area contributed by atoms with E-state index in [9.17, 15) is 13.2 Å². The standard InChI is InChI=1S/C17H19NO4S/c1-12-7-9-16(10-8-12)23(20,21)18-17(19)14(3)22-15-6-4-5-13(2)11-15/h4-11,14H,1-3H3,(H,18,19)/t14-/m1/s1. The van der Waals surface area contributed by atoms with Gasteiger partial charge in [0.1, 0.15) is 5.75 Å². The van der Waals surface area contributed by atoms with Gasteiger partial charge < -0.3 is 4.74 Å². The zero-order valence-electron chi connectivity index (χ0n) is 13.2. The van der Waals surface area contributed by atoms with Gasteiger partial charge in [-0.3, -0.25) is 4.79 Å². The smallest absolute Gasteiger partial charge is 0.274 e. The maximum absolute atomic E-state index is 12.2. The minimum atomic E-state index is -3.90. The number of ether oxygens (including phenoxy) is 1. The summed E-state index contributed by atoms with van der Waals surface area (Å²) >= 11 is 0. The van der Waals surface area contributed by atoms with Crippen molar-refractivity contribution in [1.29, 1.82) is 0 Å². The molecular formula is C17H19NO4S. The Morgan fingerprint density at radius 1 is 1.04 bits per heavy atom. The van der Waals surface area contributed by atoms with Crippen LogP contribution < -0.4 is 9.46 Å². The number of carbonyl (C=O) groups excluding carboxylic acids is 1. The maximum atomic E-state index is 12.2. The first-order chi connectivity index (χ1) is 10.8. The fraction of sp³-hybridized carbons (Fsp3) is 0.235. The van der Waals surface area contributed by atoms with Crippen molar-refractivity contribution in [2.24, 2.45) is 0 Å². The lowest BCUT2D eigenvalue weighted by atomic mass is 10.2. The van der Waals surface area contributed by atoms with Gasteiger partial charge in [-0.15, -0.1) is 0 Å². The molecule has 2 aromatic carbocycles. The topological polar surface area (TPSA) is 72.5 Å². The predicted molar refractivity (Wildman–Crippen MR) is 87.8 cm³/mol. The molecule has 0 aliphatic heterocycles. The zero-order chi connectivity index (χ0) is 17.0. The molecule has 1 N–H and O–H groups in total. The van der Waals surface area contributed by atoms with Crippen LogP contribution in [0.25, 0.3) is 0 Å². The van der Waals surface area contributed by atoms with Crippen LogP contribution in [0.3, 0.4) is 0 Å². The van der Waals surface area contributed by atoms with E-state index in [2.05, 4.69) is 0 Å². The molecular weight excluding hydrogens is 314 g/mol. The molecule has 0 saturated carbocycles. The highest BCUT2D eigenvalue weighted by atomic mass is 32.2. The van der Waals surface area contributed by atoms with Crippen molar-refractivity contribution in [2.75, 3.05) is 0 Å². The van der Waals surface area contributed by atoms with E-state index in [-0.39, 0.29) is 4.90 Å². The third-order valence-corrected chi connectivity index (χ3v) is 4.60. The molecule has 2 rings (SSSR count). The zero-order valence-corrected chi connectivity index (χ0v) is 14.1. The summed E-state index contributed by atoms with van der Waals surface area (Å²) in [4.78, 5) is 12.1. The van der Waals surface area contributed by atoms with Crippen molar-refractivity contribution in [3.8, 4) is 5.75 Å². The maximum Gasteiger partial charge on any atom is 0.274 e. The van der Waals surface area contributed by atoms with Crippen molar-refractivity contribution >= 4 is 15.9 Å². The van der Waals surface area contributed by atoms with Crippen LogP contribution in [-0.2, 0) is 14.8 Å². The summed E-state index contributed by atoms with van der Waals surface area (Å²) in [6, 6.07) is 13.5. The number of hydrogen-bond donors (Lipinski definition) is 1. The average Bonchev–Trinajstić information content (AvgIpc) is 2.47. The van der Waals surface area contributed by atoms with Gasteiger partial charge in [-0.2, -0.15) is 0 Å². The third kappa shape index (κ3) is 4.56. The Hall–Kier alpha value is -2.34. The van der Waals surface area contributed by atoms with Crippen LogP contribution >= 0.6 is 0 Å². The van der Waals surface area contributed by atoms with E-state index in [0.717, 1.165) is 11.1 Å². The summed E-state index contributed by atoms with van der Waals surface area (Å²) in [6.45, 7) is 5.26. The van der Waals surface area contributed by atoms with Crippen LogP contribution in [0.5, 0.6) is 5.75 Å². The molecule has 0 fully saturated rings. The number of sulfonamides is 1. The fourth-order valence-electron chi connectivity index (χ4n) is 1.94. The number of carbonyl (C=O) groups is 1. The van der Waals surface area contributed by atoms with E-state index >= 15 is 0 Å². The highest BCUT2D eigenvalue weighted by Crippen LogP contribution is 2.15. The van der Waals surface area contributed by atoms with Crippen LogP contribution in [0, 0.1) is 13.8 Å². The largest absolute Gasteiger partial charge is 0.481 e. The monoisotopic (exact) mass is 333 g/mol. The average molecular weight is 333 g/mol. The summed E-state index contributed by atoms with van der Waals surface area (Å²) in [7, 11) is -3.90. The SMILES string of the molecule is Cc1ccc(S(=O)(=O)NC(=O)[C@@H](C)Oc2cccc(C)c2)cc1. The minimum Gasteiger partial charge on any atom is -0.481 e. The summed E-state index contributed by atoms with van der Waals surface area (Å²) < 4.78 is 31.9. The molecule has 23 heavy (non-hydrogen) atoms. The van der Waals surface area contributed by atoms with Crippen molar-refractivity contribution < 1.29 is 17.9 Å². The number of amides is 1. The molecule has 2 aromatic rings. The number of rotatable bonds is 5. The van der Waals surface area contributed by atoms with Gasteiger partial charge in [0.25, 0.3) is 15.9 Å². The Labute approximate surface area is 136 Å². The van der Waals surface area contributed by atoms with Crippen LogP contribution in [0.1, 0.15) is 18.1 Å². The molecule has 0 heterocycles. The highest BCUT2D eigenvalue weighted by Gasteiger charge is 2.22. The Kier molecular flexibility index (Phi) is 5.05. The van der Waals surface area contributed by atoms with Crippen molar-refractivity contribution in [3.05, 3.63) is 59.7 Å². The van der Waals surface area contributed by atoms with Crippen LogP contribution in [-0.4, -0.2) is 20.4 Å². The van der Waals surface area contributed by atoms with Crippen molar-refractivity contribution in [3.63, 3.8) is 0 Å². The quantitative estimate of drug-likeness (QED) is 0.913. The first-order valence-corrected chi connectivity index (χ1v) is 8.63. The Morgan fingerprint density at radius 2 is 1.70 bits per heavy atom. The second kappa shape index (κ2) is 6.83. The van der Waals surface area contributed by atoms with Crippen LogP contribution in [0.4, 0.5) is 0 Å². The van der Waals surface area contributed by atoms with E-state index in [1.54, 1.807) is 30.3 Å². The summed E-state index contributed by atoms with van der Waals surface area (Å²) in [6.07, 6.45) is -0.933. The molecule has 0 spiro atoms. The van der Waals surface area contributed by atoms with Crippen LogP contribution in [0.15, 0.2) is 53.4 Å². The van der Waals surface area contributed by atoms with Gasteiger partial charge in [0.2, 0.25) is 0 Å². The molecule has 0 aliphatic rings. The first-order valence-electron chi connectivity index (χ1n) is 7.14. The van der Waals surface area contributed by atoms with Gasteiger partial charge in [0.15, 0.2) is 6.10 Å². The first kappa shape index (κ1) is 17.0. The Bertz CT molecular complexity index is 798. The van der Waals surface area contributed by atoms with E-state index in [0.29, 0.717) is 5.75 Å². The van der Waals surface area contributed by atoms with Gasteiger partial charge >= 0.3 is 0 Å². The minimum absolute atomic E-state index is 0.0409. The molecule has 0 aliphatic carbocycles. The van der Waals surface area contributed by atoms with E-state index in [1.165, 1.54) is 19.1 Å². The number of benzene rings is 2. The number of nitrogens with one attached hydrogen (secondary N) is 1.